The van der Waals surface area contributed by atoms with Gasteiger partial charge in [0.05, 0.1) is 0 Å². The Morgan fingerprint density at radius 1 is 1.08 bits per heavy atom. The van der Waals surface area contributed by atoms with Crippen molar-refractivity contribution in [3.05, 3.63) is 0 Å². The predicted octanol–water partition coefficient (Wildman–Crippen LogP) is 3.43. The third-order valence-corrected chi connectivity index (χ3v) is 2.66. The number of nitrogens with two attached hydrogens (primary N) is 1. The molecular formula is C12H27N. The van der Waals surface area contributed by atoms with Crippen molar-refractivity contribution in [3.63, 3.8) is 0 Å². The fourth-order valence-electron chi connectivity index (χ4n) is 2.14. The number of hydrogen-bond donors (Lipinski definition) is 1. The quantitative estimate of drug-likeness (QED) is 0.646. The standard InChI is InChI=1S/C12H27N/c1-5-6-11(4)8-12(9-13)7-10(2)3/h10-12H,5-9,13H2,1-4H3/t11?,12-/m0/s1. The highest BCUT2D eigenvalue weighted by Crippen LogP contribution is 2.21. The Bertz CT molecular complexity index is 110. The summed E-state index contributed by atoms with van der Waals surface area (Å²) >= 11 is 0. The van der Waals surface area contributed by atoms with Crippen molar-refractivity contribution in [2.24, 2.45) is 23.5 Å². The minimum atomic E-state index is 0.751. The Labute approximate surface area is 84.1 Å². The third-order valence-electron chi connectivity index (χ3n) is 2.66. The van der Waals surface area contributed by atoms with Gasteiger partial charge in [0.15, 0.2) is 0 Å². The first-order valence-corrected chi connectivity index (χ1v) is 5.80. The van der Waals surface area contributed by atoms with Crippen LogP contribution in [0.2, 0.25) is 0 Å². The molecule has 1 nitrogen and oxygen atoms in total. The lowest BCUT2D eigenvalue weighted by Gasteiger charge is -2.20. The molecule has 80 valence electrons. The summed E-state index contributed by atoms with van der Waals surface area (Å²) < 4.78 is 0. The van der Waals surface area contributed by atoms with Gasteiger partial charge >= 0.3 is 0 Å². The lowest BCUT2D eigenvalue weighted by Crippen LogP contribution is -2.19. The van der Waals surface area contributed by atoms with Crippen LogP contribution in [-0.2, 0) is 0 Å². The van der Waals surface area contributed by atoms with Crippen molar-refractivity contribution in [2.45, 2.75) is 53.4 Å². The summed E-state index contributed by atoms with van der Waals surface area (Å²) in [7, 11) is 0. The summed E-state index contributed by atoms with van der Waals surface area (Å²) in [5, 5.41) is 0. The van der Waals surface area contributed by atoms with Crippen LogP contribution in [0.1, 0.15) is 53.4 Å². The van der Waals surface area contributed by atoms with E-state index in [4.69, 9.17) is 5.73 Å². The van der Waals surface area contributed by atoms with Crippen LogP contribution in [0.3, 0.4) is 0 Å². The van der Waals surface area contributed by atoms with Gasteiger partial charge in [0.1, 0.15) is 0 Å². The van der Waals surface area contributed by atoms with E-state index in [1.807, 2.05) is 0 Å². The van der Waals surface area contributed by atoms with E-state index in [1.54, 1.807) is 0 Å². The molecule has 0 spiro atoms. The SMILES string of the molecule is CCCC(C)C[C@@H](CN)CC(C)C. The first-order valence-electron chi connectivity index (χ1n) is 5.80. The predicted molar refractivity (Wildman–Crippen MR) is 60.7 cm³/mol. The van der Waals surface area contributed by atoms with E-state index >= 15 is 0 Å². The smallest absolute Gasteiger partial charge is 0.00487 e. The fraction of sp³-hybridized carbons (Fsp3) is 1.00. The van der Waals surface area contributed by atoms with E-state index in [0.717, 1.165) is 24.3 Å². The molecule has 0 aliphatic heterocycles. The average Bonchev–Trinajstić information content (AvgIpc) is 2.02. The highest BCUT2D eigenvalue weighted by atomic mass is 14.5. The Morgan fingerprint density at radius 2 is 1.69 bits per heavy atom. The third kappa shape index (κ3) is 7.06. The van der Waals surface area contributed by atoms with Gasteiger partial charge in [0.2, 0.25) is 0 Å². The van der Waals surface area contributed by atoms with Gasteiger partial charge in [-0.2, -0.15) is 0 Å². The molecule has 0 aromatic rings. The van der Waals surface area contributed by atoms with Crippen LogP contribution >= 0.6 is 0 Å². The molecule has 0 aliphatic carbocycles. The van der Waals surface area contributed by atoms with Crippen molar-refractivity contribution in [3.8, 4) is 0 Å². The molecule has 0 heterocycles. The van der Waals surface area contributed by atoms with Gasteiger partial charge in [-0.15, -0.1) is 0 Å². The van der Waals surface area contributed by atoms with Crippen LogP contribution in [0, 0.1) is 17.8 Å². The maximum atomic E-state index is 5.77. The van der Waals surface area contributed by atoms with Crippen molar-refractivity contribution in [2.75, 3.05) is 6.54 Å². The van der Waals surface area contributed by atoms with Crippen LogP contribution in [0.25, 0.3) is 0 Å². The molecule has 0 saturated carbocycles. The average molecular weight is 185 g/mol. The summed E-state index contributed by atoms with van der Waals surface area (Å²) in [6, 6.07) is 0. The highest BCUT2D eigenvalue weighted by Gasteiger charge is 2.12. The molecule has 0 saturated heterocycles. The molecule has 2 N–H and O–H groups in total. The van der Waals surface area contributed by atoms with Gasteiger partial charge < -0.3 is 5.73 Å². The molecule has 0 radical (unpaired) electrons. The second-order valence-electron chi connectivity index (χ2n) is 4.86. The van der Waals surface area contributed by atoms with Gasteiger partial charge in [-0.05, 0) is 37.1 Å². The van der Waals surface area contributed by atoms with Crippen LogP contribution in [0.4, 0.5) is 0 Å². The van der Waals surface area contributed by atoms with Crippen molar-refractivity contribution < 1.29 is 0 Å². The molecule has 0 aromatic heterocycles. The zero-order chi connectivity index (χ0) is 10.3. The van der Waals surface area contributed by atoms with E-state index in [-0.39, 0.29) is 0 Å². The second kappa shape index (κ2) is 7.37. The van der Waals surface area contributed by atoms with Gasteiger partial charge in [-0.1, -0.05) is 40.5 Å². The molecule has 0 aliphatic rings. The minimum Gasteiger partial charge on any atom is -0.330 e. The molecular weight excluding hydrogens is 158 g/mol. The number of rotatable bonds is 7. The van der Waals surface area contributed by atoms with Gasteiger partial charge in [-0.25, -0.2) is 0 Å². The summed E-state index contributed by atoms with van der Waals surface area (Å²) in [6.45, 7) is 10.1. The van der Waals surface area contributed by atoms with E-state index in [1.165, 1.54) is 25.7 Å². The fourth-order valence-corrected chi connectivity index (χ4v) is 2.14. The summed E-state index contributed by atoms with van der Waals surface area (Å²) in [5.41, 5.74) is 5.77. The molecule has 1 heteroatoms. The maximum absolute atomic E-state index is 5.77. The van der Waals surface area contributed by atoms with E-state index in [0.29, 0.717) is 0 Å². The van der Waals surface area contributed by atoms with E-state index in [9.17, 15) is 0 Å². The molecule has 0 bridgehead atoms. The second-order valence-corrected chi connectivity index (χ2v) is 4.86. The molecule has 1 unspecified atom stereocenters. The van der Waals surface area contributed by atoms with Crippen molar-refractivity contribution in [1.82, 2.24) is 0 Å². The minimum absolute atomic E-state index is 0.751. The van der Waals surface area contributed by atoms with Crippen LogP contribution in [-0.4, -0.2) is 6.54 Å². The normalized spacial score (nSPS) is 16.2. The molecule has 0 rings (SSSR count). The highest BCUT2D eigenvalue weighted by molar-refractivity contribution is 4.66. The maximum Gasteiger partial charge on any atom is -0.00487 e. The van der Waals surface area contributed by atoms with Crippen molar-refractivity contribution in [1.29, 1.82) is 0 Å². The Hall–Kier alpha value is -0.0400. The summed E-state index contributed by atoms with van der Waals surface area (Å²) in [5.74, 6) is 2.40. The summed E-state index contributed by atoms with van der Waals surface area (Å²) in [4.78, 5) is 0. The first-order chi connectivity index (χ1) is 6.10. The zero-order valence-corrected chi connectivity index (χ0v) is 9.84. The number of hydrogen-bond acceptors (Lipinski definition) is 1. The zero-order valence-electron chi connectivity index (χ0n) is 9.84. The van der Waals surface area contributed by atoms with Gasteiger partial charge in [-0.3, -0.25) is 0 Å². The van der Waals surface area contributed by atoms with Crippen molar-refractivity contribution >= 4 is 0 Å². The topological polar surface area (TPSA) is 26.0 Å². The molecule has 0 amide bonds. The van der Waals surface area contributed by atoms with Crippen LogP contribution < -0.4 is 5.73 Å². The Kier molecular flexibility index (Phi) is 7.35. The largest absolute Gasteiger partial charge is 0.330 e. The molecule has 2 atom stereocenters. The summed E-state index contributed by atoms with van der Waals surface area (Å²) in [6.07, 6.45) is 5.28. The first kappa shape index (κ1) is 13.0. The van der Waals surface area contributed by atoms with E-state index < -0.39 is 0 Å². The van der Waals surface area contributed by atoms with Crippen LogP contribution in [0.15, 0.2) is 0 Å². The van der Waals surface area contributed by atoms with E-state index in [2.05, 4.69) is 27.7 Å². The van der Waals surface area contributed by atoms with Gasteiger partial charge in [0.25, 0.3) is 0 Å². The molecule has 13 heavy (non-hydrogen) atoms. The Morgan fingerprint density at radius 3 is 2.08 bits per heavy atom. The molecule has 0 aromatic carbocycles. The van der Waals surface area contributed by atoms with Crippen LogP contribution in [0.5, 0.6) is 0 Å². The Balaban J connectivity index is 3.69. The lowest BCUT2D eigenvalue weighted by atomic mass is 9.87. The molecule has 0 fully saturated rings. The lowest BCUT2D eigenvalue weighted by molar-refractivity contribution is 0.327. The van der Waals surface area contributed by atoms with Gasteiger partial charge in [0, 0.05) is 0 Å². The monoisotopic (exact) mass is 185 g/mol.